The van der Waals surface area contributed by atoms with Crippen LogP contribution in [-0.4, -0.2) is 137 Å². The third-order valence-electron chi connectivity index (χ3n) is 5.30. The second kappa shape index (κ2) is 30.5. The standard InChI is InChI=1S/C30H50O12/c1-2-3-9-33-10-11-34-12-13-35-14-15-36-16-17-37-18-19-38-20-21-39-22-23-40-24-25-41-26-27-42-30(32)29(31)28-7-5-4-6-8-28/h4-8H,2-3,9-27H2,1H3. The number of carbonyl (C=O) groups excluding carboxylic acids is 2. The van der Waals surface area contributed by atoms with Crippen LogP contribution >= 0.6 is 0 Å². The van der Waals surface area contributed by atoms with Crippen molar-refractivity contribution in [3.05, 3.63) is 35.9 Å². The van der Waals surface area contributed by atoms with E-state index < -0.39 is 11.8 Å². The first-order valence-corrected chi connectivity index (χ1v) is 14.7. The molecule has 0 amide bonds. The van der Waals surface area contributed by atoms with Gasteiger partial charge in [-0.25, -0.2) is 4.79 Å². The van der Waals surface area contributed by atoms with E-state index >= 15 is 0 Å². The quantitative estimate of drug-likeness (QED) is 0.0520. The van der Waals surface area contributed by atoms with Gasteiger partial charge in [0.2, 0.25) is 0 Å². The fourth-order valence-electron chi connectivity index (χ4n) is 3.07. The van der Waals surface area contributed by atoms with E-state index in [9.17, 15) is 9.59 Å². The SMILES string of the molecule is CCCCOCCOCCOCCOCCOCCOCCOCCOCCOCCOC(=O)C(=O)c1ccccc1. The monoisotopic (exact) mass is 602 g/mol. The molecule has 1 rings (SSSR count). The van der Waals surface area contributed by atoms with Crippen molar-refractivity contribution in [2.24, 2.45) is 0 Å². The van der Waals surface area contributed by atoms with Gasteiger partial charge in [0.15, 0.2) is 0 Å². The summed E-state index contributed by atoms with van der Waals surface area (Å²) < 4.78 is 53.7. The lowest BCUT2D eigenvalue weighted by molar-refractivity contribution is -0.139. The molecule has 0 aromatic heterocycles. The van der Waals surface area contributed by atoms with Gasteiger partial charge in [0.05, 0.1) is 112 Å². The Bertz CT molecular complexity index is 734. The molecular formula is C30H50O12. The summed E-state index contributed by atoms with van der Waals surface area (Å²) in [5, 5.41) is 0. The summed E-state index contributed by atoms with van der Waals surface area (Å²) in [6, 6.07) is 8.27. The lowest BCUT2D eigenvalue weighted by Crippen LogP contribution is -2.20. The van der Waals surface area contributed by atoms with E-state index in [1.165, 1.54) is 0 Å². The van der Waals surface area contributed by atoms with Crippen LogP contribution in [0.1, 0.15) is 30.1 Å². The Labute approximate surface area is 250 Å². The molecule has 0 radical (unpaired) electrons. The number of hydrogen-bond donors (Lipinski definition) is 0. The minimum absolute atomic E-state index is 0.00196. The maximum absolute atomic E-state index is 11.9. The van der Waals surface area contributed by atoms with E-state index in [1.807, 2.05) is 0 Å². The van der Waals surface area contributed by atoms with Crippen LogP contribution in [0.25, 0.3) is 0 Å². The highest BCUT2D eigenvalue weighted by atomic mass is 16.6. The second-order valence-electron chi connectivity index (χ2n) is 8.70. The van der Waals surface area contributed by atoms with Crippen LogP contribution in [0.2, 0.25) is 0 Å². The van der Waals surface area contributed by atoms with E-state index in [0.29, 0.717) is 111 Å². The highest BCUT2D eigenvalue weighted by molar-refractivity contribution is 6.40. The van der Waals surface area contributed by atoms with Gasteiger partial charge in [0, 0.05) is 12.2 Å². The predicted molar refractivity (Wildman–Crippen MR) is 154 cm³/mol. The number of esters is 1. The normalized spacial score (nSPS) is 11.2. The molecule has 0 unspecified atom stereocenters. The molecule has 0 saturated carbocycles. The topological polar surface area (TPSA) is 126 Å². The number of hydrogen-bond acceptors (Lipinski definition) is 12. The molecule has 42 heavy (non-hydrogen) atoms. The molecule has 0 spiro atoms. The van der Waals surface area contributed by atoms with Crippen molar-refractivity contribution in [2.75, 3.05) is 126 Å². The minimum Gasteiger partial charge on any atom is -0.457 e. The first-order valence-electron chi connectivity index (χ1n) is 14.7. The predicted octanol–water partition coefficient (Wildman–Crippen LogP) is 2.36. The van der Waals surface area contributed by atoms with Gasteiger partial charge in [0.1, 0.15) is 6.61 Å². The van der Waals surface area contributed by atoms with Gasteiger partial charge in [-0.2, -0.15) is 0 Å². The zero-order valence-corrected chi connectivity index (χ0v) is 25.1. The smallest absolute Gasteiger partial charge is 0.379 e. The summed E-state index contributed by atoms with van der Waals surface area (Å²) >= 11 is 0. The first-order chi connectivity index (χ1) is 20.8. The van der Waals surface area contributed by atoms with Crippen molar-refractivity contribution in [2.45, 2.75) is 19.8 Å². The number of unbranched alkanes of at least 4 members (excludes halogenated alkanes) is 1. The van der Waals surface area contributed by atoms with Crippen molar-refractivity contribution in [3.63, 3.8) is 0 Å². The van der Waals surface area contributed by atoms with Gasteiger partial charge in [0.25, 0.3) is 5.78 Å². The average molecular weight is 603 g/mol. The van der Waals surface area contributed by atoms with Crippen molar-refractivity contribution < 1.29 is 57.0 Å². The lowest BCUT2D eigenvalue weighted by Gasteiger charge is -2.09. The second-order valence-corrected chi connectivity index (χ2v) is 8.70. The minimum atomic E-state index is -0.894. The third-order valence-corrected chi connectivity index (χ3v) is 5.30. The largest absolute Gasteiger partial charge is 0.457 e. The van der Waals surface area contributed by atoms with Crippen LogP contribution in [0, 0.1) is 0 Å². The molecule has 0 fully saturated rings. The Morgan fingerprint density at radius 1 is 0.452 bits per heavy atom. The Morgan fingerprint density at radius 3 is 1.10 bits per heavy atom. The summed E-state index contributed by atoms with van der Waals surface area (Å²) in [7, 11) is 0. The van der Waals surface area contributed by atoms with Gasteiger partial charge < -0.3 is 47.4 Å². The molecular weight excluding hydrogens is 552 g/mol. The summed E-state index contributed by atoms with van der Waals surface area (Å²) in [4.78, 5) is 23.6. The number of ketones is 1. The molecule has 0 aliphatic rings. The number of carbonyl (C=O) groups is 2. The fraction of sp³-hybridized carbons (Fsp3) is 0.733. The van der Waals surface area contributed by atoms with Gasteiger partial charge >= 0.3 is 5.97 Å². The molecule has 1 aromatic carbocycles. The van der Waals surface area contributed by atoms with E-state index in [4.69, 9.17) is 47.4 Å². The van der Waals surface area contributed by atoms with Gasteiger partial charge in [-0.3, -0.25) is 4.79 Å². The van der Waals surface area contributed by atoms with Crippen molar-refractivity contribution in [3.8, 4) is 0 Å². The number of ether oxygens (including phenoxy) is 10. The highest BCUT2D eigenvalue weighted by Gasteiger charge is 2.17. The van der Waals surface area contributed by atoms with Crippen LogP contribution in [0.15, 0.2) is 30.3 Å². The average Bonchev–Trinajstić information content (AvgIpc) is 3.02. The van der Waals surface area contributed by atoms with Gasteiger partial charge in [-0.1, -0.05) is 43.7 Å². The maximum Gasteiger partial charge on any atom is 0.379 e. The molecule has 0 atom stereocenters. The zero-order valence-electron chi connectivity index (χ0n) is 25.1. The van der Waals surface area contributed by atoms with Crippen LogP contribution < -0.4 is 0 Å². The molecule has 0 heterocycles. The molecule has 0 bridgehead atoms. The van der Waals surface area contributed by atoms with Crippen molar-refractivity contribution in [1.82, 2.24) is 0 Å². The maximum atomic E-state index is 11.9. The molecule has 12 heteroatoms. The van der Waals surface area contributed by atoms with Crippen LogP contribution in [0.5, 0.6) is 0 Å². The Hall–Kier alpha value is -2.00. The molecule has 0 N–H and O–H groups in total. The molecule has 1 aromatic rings. The van der Waals surface area contributed by atoms with Gasteiger partial charge in [-0.05, 0) is 6.42 Å². The van der Waals surface area contributed by atoms with Crippen LogP contribution in [0.4, 0.5) is 0 Å². The van der Waals surface area contributed by atoms with E-state index in [-0.39, 0.29) is 13.2 Å². The Kier molecular flexibility index (Phi) is 27.6. The van der Waals surface area contributed by atoms with Crippen LogP contribution in [0.3, 0.4) is 0 Å². The van der Waals surface area contributed by atoms with Crippen LogP contribution in [-0.2, 0) is 52.2 Å². The Balaban J connectivity index is 1.68. The molecule has 12 nitrogen and oxygen atoms in total. The first kappa shape index (κ1) is 38.0. The summed E-state index contributed by atoms with van der Waals surface area (Å²) in [5.74, 6) is -1.57. The highest BCUT2D eigenvalue weighted by Crippen LogP contribution is 2.01. The van der Waals surface area contributed by atoms with E-state index in [2.05, 4.69) is 6.92 Å². The molecule has 0 saturated heterocycles. The fourth-order valence-corrected chi connectivity index (χ4v) is 3.07. The Morgan fingerprint density at radius 2 is 0.762 bits per heavy atom. The van der Waals surface area contributed by atoms with E-state index in [1.54, 1.807) is 30.3 Å². The number of benzene rings is 1. The summed E-state index contributed by atoms with van der Waals surface area (Å²) in [6.45, 7) is 11.0. The van der Waals surface area contributed by atoms with Gasteiger partial charge in [-0.15, -0.1) is 0 Å². The zero-order chi connectivity index (χ0) is 30.2. The van der Waals surface area contributed by atoms with E-state index in [0.717, 1.165) is 19.4 Å². The number of Topliss-reactive ketones (excluding diaryl/α,β-unsaturated/α-hetero) is 1. The lowest BCUT2D eigenvalue weighted by atomic mass is 10.1. The molecule has 0 aliphatic heterocycles. The van der Waals surface area contributed by atoms with Crippen molar-refractivity contribution in [1.29, 1.82) is 0 Å². The summed E-state index contributed by atoms with van der Waals surface area (Å²) in [6.07, 6.45) is 2.23. The van der Waals surface area contributed by atoms with Crippen molar-refractivity contribution >= 4 is 11.8 Å². The molecule has 0 aliphatic carbocycles. The third kappa shape index (κ3) is 24.6. The molecule has 242 valence electrons. The number of rotatable bonds is 32. The summed E-state index contributed by atoms with van der Waals surface area (Å²) in [5.41, 5.74) is 0.298.